The minimum Gasteiger partial charge on any atom is -0.298 e. The van der Waals surface area contributed by atoms with Crippen molar-refractivity contribution in [3.05, 3.63) is 63.3 Å². The predicted octanol–water partition coefficient (Wildman–Crippen LogP) is 4.37. The maximum absolute atomic E-state index is 12.9. The summed E-state index contributed by atoms with van der Waals surface area (Å²) in [4.78, 5) is 12.1. The summed E-state index contributed by atoms with van der Waals surface area (Å²) < 4.78 is 15.6. The fraction of sp³-hybridized carbons (Fsp3) is 0.0667. The number of halogens is 2. The molecule has 0 radical (unpaired) electrons. The fourth-order valence-electron chi connectivity index (χ4n) is 2.01. The Morgan fingerprint density at radius 1 is 1.24 bits per heavy atom. The molecule has 3 rings (SSSR count). The minimum atomic E-state index is -0.267. The number of aldehydes is 1. The van der Waals surface area contributed by atoms with Crippen molar-refractivity contribution < 1.29 is 9.18 Å². The fourth-order valence-corrected chi connectivity index (χ4v) is 3.41. The SMILES string of the molecule is O=Cc1cn(Cc2ccc(F)cc2)nc1-c1ccc(Br)s1. The molecule has 0 aliphatic rings. The molecule has 106 valence electrons. The number of thiophene rings is 1. The van der Waals surface area contributed by atoms with E-state index in [1.807, 2.05) is 12.1 Å². The van der Waals surface area contributed by atoms with E-state index >= 15 is 0 Å². The highest BCUT2D eigenvalue weighted by Crippen LogP contribution is 2.31. The van der Waals surface area contributed by atoms with Crippen LogP contribution < -0.4 is 0 Å². The zero-order valence-electron chi connectivity index (χ0n) is 10.8. The van der Waals surface area contributed by atoms with Gasteiger partial charge in [0.05, 0.1) is 20.8 Å². The largest absolute Gasteiger partial charge is 0.298 e. The summed E-state index contributed by atoms with van der Waals surface area (Å²) in [5.74, 6) is -0.267. The normalized spacial score (nSPS) is 10.8. The molecule has 0 spiro atoms. The standard InChI is InChI=1S/C15H10BrFN2OS/c16-14-6-5-13(21-14)15-11(9-20)8-19(18-15)7-10-1-3-12(17)4-2-10/h1-6,8-9H,7H2. The number of hydrogen-bond acceptors (Lipinski definition) is 3. The first-order valence-electron chi connectivity index (χ1n) is 6.18. The Morgan fingerprint density at radius 3 is 2.62 bits per heavy atom. The molecule has 0 saturated heterocycles. The van der Waals surface area contributed by atoms with Gasteiger partial charge in [-0.3, -0.25) is 9.48 Å². The lowest BCUT2D eigenvalue weighted by Gasteiger charge is -2.01. The van der Waals surface area contributed by atoms with Gasteiger partial charge >= 0.3 is 0 Å². The number of rotatable bonds is 4. The first kappa shape index (κ1) is 14.2. The first-order valence-corrected chi connectivity index (χ1v) is 7.79. The molecule has 2 aromatic heterocycles. The Bertz CT molecular complexity index is 779. The van der Waals surface area contributed by atoms with Gasteiger partial charge in [0.2, 0.25) is 0 Å². The molecule has 0 aliphatic carbocycles. The van der Waals surface area contributed by atoms with Crippen molar-refractivity contribution in [2.24, 2.45) is 0 Å². The average Bonchev–Trinajstić information content (AvgIpc) is 3.07. The molecule has 0 aliphatic heterocycles. The lowest BCUT2D eigenvalue weighted by Crippen LogP contribution is -2.00. The molecule has 0 fully saturated rings. The van der Waals surface area contributed by atoms with Gasteiger partial charge in [0.15, 0.2) is 6.29 Å². The van der Waals surface area contributed by atoms with Crippen LogP contribution in [0.2, 0.25) is 0 Å². The molecule has 6 heteroatoms. The molecule has 2 heterocycles. The van der Waals surface area contributed by atoms with Crippen LogP contribution in [0, 0.1) is 5.82 Å². The van der Waals surface area contributed by atoms with Crippen LogP contribution in [0.25, 0.3) is 10.6 Å². The van der Waals surface area contributed by atoms with E-state index < -0.39 is 0 Å². The van der Waals surface area contributed by atoms with Gasteiger partial charge in [0.1, 0.15) is 11.5 Å². The summed E-state index contributed by atoms with van der Waals surface area (Å²) in [5.41, 5.74) is 2.14. The number of nitrogens with zero attached hydrogens (tertiary/aromatic N) is 2. The topological polar surface area (TPSA) is 34.9 Å². The van der Waals surface area contributed by atoms with Gasteiger partial charge in [-0.2, -0.15) is 5.10 Å². The maximum atomic E-state index is 12.9. The van der Waals surface area contributed by atoms with Gasteiger partial charge in [0.25, 0.3) is 0 Å². The summed E-state index contributed by atoms with van der Waals surface area (Å²) in [5, 5.41) is 4.46. The lowest BCUT2D eigenvalue weighted by atomic mass is 10.2. The molecule has 0 saturated carbocycles. The van der Waals surface area contributed by atoms with Crippen LogP contribution in [-0.4, -0.2) is 16.1 Å². The van der Waals surface area contributed by atoms with Crippen LogP contribution >= 0.6 is 27.3 Å². The third kappa shape index (κ3) is 3.11. The highest BCUT2D eigenvalue weighted by molar-refractivity contribution is 9.11. The van der Waals surface area contributed by atoms with Crippen molar-refractivity contribution in [1.82, 2.24) is 9.78 Å². The van der Waals surface area contributed by atoms with Crippen molar-refractivity contribution in [1.29, 1.82) is 0 Å². The molecular formula is C15H10BrFN2OS. The Balaban J connectivity index is 1.92. The van der Waals surface area contributed by atoms with E-state index in [1.165, 1.54) is 23.5 Å². The van der Waals surface area contributed by atoms with E-state index in [1.54, 1.807) is 23.0 Å². The van der Waals surface area contributed by atoms with Gasteiger partial charge in [-0.05, 0) is 45.8 Å². The van der Waals surface area contributed by atoms with E-state index in [0.717, 1.165) is 20.5 Å². The maximum Gasteiger partial charge on any atom is 0.153 e. The number of hydrogen-bond donors (Lipinski definition) is 0. The van der Waals surface area contributed by atoms with Gasteiger partial charge in [-0.15, -0.1) is 11.3 Å². The highest BCUT2D eigenvalue weighted by Gasteiger charge is 2.12. The summed E-state index contributed by atoms with van der Waals surface area (Å²) in [6.45, 7) is 0.494. The van der Waals surface area contributed by atoms with Crippen molar-refractivity contribution >= 4 is 33.6 Å². The highest BCUT2D eigenvalue weighted by atomic mass is 79.9. The zero-order chi connectivity index (χ0) is 14.8. The third-order valence-electron chi connectivity index (χ3n) is 2.98. The van der Waals surface area contributed by atoms with Crippen LogP contribution in [0.5, 0.6) is 0 Å². The van der Waals surface area contributed by atoms with Crippen molar-refractivity contribution in [3.8, 4) is 10.6 Å². The molecule has 0 amide bonds. The number of benzene rings is 1. The van der Waals surface area contributed by atoms with E-state index in [9.17, 15) is 9.18 Å². The third-order valence-corrected chi connectivity index (χ3v) is 4.61. The van der Waals surface area contributed by atoms with E-state index in [2.05, 4.69) is 21.0 Å². The van der Waals surface area contributed by atoms with Gasteiger partial charge in [-0.25, -0.2) is 4.39 Å². The Morgan fingerprint density at radius 2 is 2.00 bits per heavy atom. The van der Waals surface area contributed by atoms with Crippen LogP contribution in [-0.2, 0) is 6.54 Å². The predicted molar refractivity (Wildman–Crippen MR) is 84.1 cm³/mol. The van der Waals surface area contributed by atoms with E-state index in [-0.39, 0.29) is 5.82 Å². The van der Waals surface area contributed by atoms with Crippen molar-refractivity contribution in [2.75, 3.05) is 0 Å². The minimum absolute atomic E-state index is 0.267. The molecule has 0 atom stereocenters. The summed E-state index contributed by atoms with van der Waals surface area (Å²) >= 11 is 4.93. The second-order valence-corrected chi connectivity index (χ2v) is 6.94. The Labute approximate surface area is 133 Å². The molecule has 1 aromatic carbocycles. The zero-order valence-corrected chi connectivity index (χ0v) is 13.2. The Kier molecular flexibility index (Phi) is 3.98. The number of carbonyl (C=O) groups is 1. The number of carbonyl (C=O) groups excluding carboxylic acids is 1. The second-order valence-electron chi connectivity index (χ2n) is 4.48. The molecule has 0 unspecified atom stereocenters. The monoisotopic (exact) mass is 364 g/mol. The van der Waals surface area contributed by atoms with Crippen LogP contribution in [0.1, 0.15) is 15.9 Å². The van der Waals surface area contributed by atoms with E-state index in [4.69, 9.17) is 0 Å². The van der Waals surface area contributed by atoms with E-state index in [0.29, 0.717) is 17.8 Å². The number of aromatic nitrogens is 2. The molecule has 0 bridgehead atoms. The molecule has 3 aromatic rings. The van der Waals surface area contributed by atoms with Gasteiger partial charge in [0, 0.05) is 6.20 Å². The van der Waals surface area contributed by atoms with Crippen LogP contribution in [0.3, 0.4) is 0 Å². The van der Waals surface area contributed by atoms with Gasteiger partial charge < -0.3 is 0 Å². The molecule has 3 nitrogen and oxygen atoms in total. The Hall–Kier alpha value is -1.79. The summed E-state index contributed by atoms with van der Waals surface area (Å²) in [7, 11) is 0. The van der Waals surface area contributed by atoms with Crippen molar-refractivity contribution in [2.45, 2.75) is 6.54 Å². The molecule has 0 N–H and O–H groups in total. The second kappa shape index (κ2) is 5.91. The molecular weight excluding hydrogens is 355 g/mol. The summed E-state index contributed by atoms with van der Waals surface area (Å²) in [6.07, 6.45) is 2.51. The van der Waals surface area contributed by atoms with Crippen molar-refractivity contribution in [3.63, 3.8) is 0 Å². The lowest BCUT2D eigenvalue weighted by molar-refractivity contribution is 0.112. The molecule has 21 heavy (non-hydrogen) atoms. The summed E-state index contributed by atoms with van der Waals surface area (Å²) in [6, 6.07) is 10.1. The van der Waals surface area contributed by atoms with Crippen LogP contribution in [0.15, 0.2) is 46.4 Å². The van der Waals surface area contributed by atoms with Gasteiger partial charge in [-0.1, -0.05) is 12.1 Å². The van der Waals surface area contributed by atoms with Crippen LogP contribution in [0.4, 0.5) is 4.39 Å². The average molecular weight is 365 g/mol. The first-order chi connectivity index (χ1) is 10.2. The quantitative estimate of drug-likeness (QED) is 0.644. The smallest absolute Gasteiger partial charge is 0.153 e.